The van der Waals surface area contributed by atoms with Gasteiger partial charge in [-0.05, 0) is 56.7 Å². The molecule has 110 valence electrons. The first kappa shape index (κ1) is 15.3. The third-order valence-electron chi connectivity index (χ3n) is 3.85. The third-order valence-corrected chi connectivity index (χ3v) is 4.14. The van der Waals surface area contributed by atoms with Crippen molar-refractivity contribution in [1.29, 1.82) is 0 Å². The van der Waals surface area contributed by atoms with Crippen molar-refractivity contribution in [2.75, 3.05) is 33.7 Å². The van der Waals surface area contributed by atoms with Crippen LogP contribution >= 0.6 is 12.2 Å². The Morgan fingerprint density at radius 2 is 2.10 bits per heavy atom. The van der Waals surface area contributed by atoms with E-state index in [1.807, 2.05) is 0 Å². The first-order valence-corrected chi connectivity index (χ1v) is 7.82. The standard InChI is InChI=1S/C16H25N3S/c1-19(2)11-10-17-16(20)18-12-14-8-5-7-13-6-3-4-9-15(13)14/h3-4,6,9,14H,5,7-8,10-12H2,1-2H3,(H2,17,18,20)/t14-/m0/s1. The van der Waals surface area contributed by atoms with Crippen molar-refractivity contribution in [1.82, 2.24) is 15.5 Å². The summed E-state index contributed by atoms with van der Waals surface area (Å²) in [7, 11) is 4.13. The number of hydrogen-bond donors (Lipinski definition) is 2. The van der Waals surface area contributed by atoms with Crippen molar-refractivity contribution in [2.24, 2.45) is 0 Å². The summed E-state index contributed by atoms with van der Waals surface area (Å²) in [5.41, 5.74) is 3.01. The summed E-state index contributed by atoms with van der Waals surface area (Å²) in [5, 5.41) is 7.40. The Kier molecular flexibility index (Phi) is 5.80. The lowest BCUT2D eigenvalue weighted by molar-refractivity contribution is 0.412. The molecule has 3 nitrogen and oxygen atoms in total. The summed E-state index contributed by atoms with van der Waals surface area (Å²) in [5.74, 6) is 0.591. The first-order chi connectivity index (χ1) is 9.66. The maximum Gasteiger partial charge on any atom is 0.166 e. The summed E-state index contributed by atoms with van der Waals surface area (Å²) >= 11 is 5.33. The normalized spacial score (nSPS) is 17.6. The highest BCUT2D eigenvalue weighted by molar-refractivity contribution is 7.80. The van der Waals surface area contributed by atoms with Crippen molar-refractivity contribution in [3.8, 4) is 0 Å². The molecule has 1 aliphatic rings. The van der Waals surface area contributed by atoms with Gasteiger partial charge in [0.05, 0.1) is 0 Å². The van der Waals surface area contributed by atoms with Crippen LogP contribution in [0.25, 0.3) is 0 Å². The van der Waals surface area contributed by atoms with Crippen LogP contribution in [-0.4, -0.2) is 43.7 Å². The van der Waals surface area contributed by atoms with Crippen molar-refractivity contribution in [3.05, 3.63) is 35.4 Å². The van der Waals surface area contributed by atoms with Crippen molar-refractivity contribution in [3.63, 3.8) is 0 Å². The summed E-state index contributed by atoms with van der Waals surface area (Å²) in [6, 6.07) is 8.81. The van der Waals surface area contributed by atoms with Gasteiger partial charge < -0.3 is 15.5 Å². The summed E-state index contributed by atoms with van der Waals surface area (Å²) in [6.07, 6.45) is 3.76. The SMILES string of the molecule is CN(C)CCNC(=S)NC[C@@H]1CCCc2ccccc21. The van der Waals surface area contributed by atoms with Crippen LogP contribution in [0.15, 0.2) is 24.3 Å². The van der Waals surface area contributed by atoms with Crippen LogP contribution in [-0.2, 0) is 6.42 Å². The molecule has 0 radical (unpaired) electrons. The summed E-state index contributed by atoms with van der Waals surface area (Å²) in [6.45, 7) is 2.82. The van der Waals surface area contributed by atoms with Crippen LogP contribution in [0.2, 0.25) is 0 Å². The molecule has 0 heterocycles. The Morgan fingerprint density at radius 1 is 1.30 bits per heavy atom. The monoisotopic (exact) mass is 291 g/mol. The highest BCUT2D eigenvalue weighted by atomic mass is 32.1. The lowest BCUT2D eigenvalue weighted by Crippen LogP contribution is -2.40. The molecule has 1 aromatic carbocycles. The van der Waals surface area contributed by atoms with Crippen molar-refractivity contribution in [2.45, 2.75) is 25.2 Å². The number of rotatable bonds is 5. The molecular weight excluding hydrogens is 266 g/mol. The fourth-order valence-electron chi connectivity index (χ4n) is 2.74. The fraction of sp³-hybridized carbons (Fsp3) is 0.562. The largest absolute Gasteiger partial charge is 0.362 e. The number of hydrogen-bond acceptors (Lipinski definition) is 2. The highest BCUT2D eigenvalue weighted by Crippen LogP contribution is 2.30. The predicted molar refractivity (Wildman–Crippen MR) is 89.3 cm³/mol. The van der Waals surface area contributed by atoms with E-state index in [9.17, 15) is 0 Å². The van der Waals surface area contributed by atoms with E-state index in [-0.39, 0.29) is 0 Å². The van der Waals surface area contributed by atoms with E-state index >= 15 is 0 Å². The van der Waals surface area contributed by atoms with E-state index in [0.29, 0.717) is 5.92 Å². The average Bonchev–Trinajstić information content (AvgIpc) is 2.44. The van der Waals surface area contributed by atoms with E-state index in [1.54, 1.807) is 0 Å². The molecule has 0 aromatic heterocycles. The van der Waals surface area contributed by atoms with E-state index < -0.39 is 0 Å². The molecule has 1 aromatic rings. The zero-order valence-corrected chi connectivity index (χ0v) is 13.3. The molecule has 0 saturated heterocycles. The molecule has 0 fully saturated rings. The van der Waals surface area contributed by atoms with Gasteiger partial charge in [-0.25, -0.2) is 0 Å². The lowest BCUT2D eigenvalue weighted by Gasteiger charge is -2.26. The van der Waals surface area contributed by atoms with Gasteiger partial charge in [-0.1, -0.05) is 24.3 Å². The topological polar surface area (TPSA) is 27.3 Å². The lowest BCUT2D eigenvalue weighted by atomic mass is 9.83. The third kappa shape index (κ3) is 4.46. The molecule has 2 N–H and O–H groups in total. The Hall–Kier alpha value is -1.13. The van der Waals surface area contributed by atoms with Crippen molar-refractivity contribution < 1.29 is 0 Å². The van der Waals surface area contributed by atoms with Gasteiger partial charge in [-0.2, -0.15) is 0 Å². The quantitative estimate of drug-likeness (QED) is 0.813. The van der Waals surface area contributed by atoms with Gasteiger partial charge in [-0.3, -0.25) is 0 Å². The first-order valence-electron chi connectivity index (χ1n) is 7.41. The van der Waals surface area contributed by atoms with Gasteiger partial charge in [0.25, 0.3) is 0 Å². The summed E-state index contributed by atoms with van der Waals surface area (Å²) in [4.78, 5) is 2.15. The molecular formula is C16H25N3S. The molecule has 0 spiro atoms. The molecule has 20 heavy (non-hydrogen) atoms. The predicted octanol–water partition coefficient (Wildman–Crippen LogP) is 2.13. The van der Waals surface area contributed by atoms with Crippen LogP contribution in [0.4, 0.5) is 0 Å². The molecule has 0 unspecified atom stereocenters. The summed E-state index contributed by atoms with van der Waals surface area (Å²) < 4.78 is 0. The number of likely N-dealkylation sites (N-methyl/N-ethyl adjacent to an activating group) is 1. The van der Waals surface area contributed by atoms with E-state index in [0.717, 1.165) is 24.7 Å². The van der Waals surface area contributed by atoms with Crippen LogP contribution in [0.3, 0.4) is 0 Å². The number of thiocarbonyl (C=S) groups is 1. The minimum Gasteiger partial charge on any atom is -0.362 e. The van der Waals surface area contributed by atoms with Gasteiger partial charge in [-0.15, -0.1) is 0 Å². The maximum absolute atomic E-state index is 5.33. The van der Waals surface area contributed by atoms with Gasteiger partial charge in [0, 0.05) is 25.6 Å². The van der Waals surface area contributed by atoms with Crippen LogP contribution < -0.4 is 10.6 Å². The Morgan fingerprint density at radius 3 is 2.90 bits per heavy atom. The highest BCUT2D eigenvalue weighted by Gasteiger charge is 2.19. The van der Waals surface area contributed by atoms with Crippen LogP contribution in [0.1, 0.15) is 29.9 Å². The molecule has 0 amide bonds. The number of nitrogens with one attached hydrogen (secondary N) is 2. The minimum absolute atomic E-state index is 0.591. The molecule has 0 saturated carbocycles. The van der Waals surface area contributed by atoms with E-state index in [2.05, 4.69) is 53.9 Å². The number of nitrogens with zero attached hydrogens (tertiary/aromatic N) is 1. The van der Waals surface area contributed by atoms with E-state index in [4.69, 9.17) is 12.2 Å². The minimum atomic E-state index is 0.591. The Labute approximate surface area is 127 Å². The maximum atomic E-state index is 5.33. The Balaban J connectivity index is 1.79. The average molecular weight is 291 g/mol. The van der Waals surface area contributed by atoms with E-state index in [1.165, 1.54) is 30.4 Å². The zero-order valence-electron chi connectivity index (χ0n) is 12.5. The second kappa shape index (κ2) is 7.60. The fourth-order valence-corrected chi connectivity index (χ4v) is 2.92. The number of benzene rings is 1. The number of aryl methyl sites for hydroxylation is 1. The molecule has 2 rings (SSSR count). The second-order valence-electron chi connectivity index (χ2n) is 5.73. The molecule has 0 bridgehead atoms. The van der Waals surface area contributed by atoms with Crippen LogP contribution in [0, 0.1) is 0 Å². The smallest absolute Gasteiger partial charge is 0.166 e. The van der Waals surface area contributed by atoms with Crippen molar-refractivity contribution >= 4 is 17.3 Å². The Bertz CT molecular complexity index is 445. The van der Waals surface area contributed by atoms with Crippen LogP contribution in [0.5, 0.6) is 0 Å². The second-order valence-corrected chi connectivity index (χ2v) is 6.14. The molecule has 1 aliphatic carbocycles. The van der Waals surface area contributed by atoms with Gasteiger partial charge in [0.1, 0.15) is 0 Å². The van der Waals surface area contributed by atoms with Gasteiger partial charge in [0.15, 0.2) is 5.11 Å². The van der Waals surface area contributed by atoms with Gasteiger partial charge >= 0.3 is 0 Å². The van der Waals surface area contributed by atoms with Gasteiger partial charge in [0.2, 0.25) is 0 Å². The molecule has 0 aliphatic heterocycles. The molecule has 4 heteroatoms. The number of fused-ring (bicyclic) bond motifs is 1. The molecule has 1 atom stereocenters. The zero-order chi connectivity index (χ0) is 14.4.